The van der Waals surface area contributed by atoms with Crippen molar-refractivity contribution in [3.8, 4) is 0 Å². The molecule has 0 bridgehead atoms. The monoisotopic (exact) mass is 390 g/mol. The van der Waals surface area contributed by atoms with Crippen molar-refractivity contribution in [2.24, 2.45) is 5.92 Å². The number of nitrogens with one attached hydrogen (secondary N) is 2. The molecule has 0 aliphatic rings. The Kier molecular flexibility index (Phi) is 8.15. The van der Waals surface area contributed by atoms with E-state index in [2.05, 4.69) is 10.6 Å². The number of carboxylic acids is 2. The number of halogens is 2. The number of rotatable bonds is 9. The molecule has 0 aliphatic heterocycles. The number of carbonyl (C=O) groups is 3. The Balaban J connectivity index is 2.76. The highest BCUT2D eigenvalue weighted by Gasteiger charge is 2.25. The number of aliphatic carboxylic acids is 2. The lowest BCUT2D eigenvalue weighted by molar-refractivity contribution is -0.142. The van der Waals surface area contributed by atoms with Crippen molar-refractivity contribution in [2.45, 2.75) is 32.4 Å². The first-order valence-corrected chi connectivity index (χ1v) is 8.32. The topological polar surface area (TPSA) is 116 Å². The van der Waals surface area contributed by atoms with Crippen molar-refractivity contribution in [2.75, 3.05) is 6.54 Å². The van der Waals surface area contributed by atoms with Gasteiger partial charge in [0, 0.05) is 12.1 Å². The Labute approximate surface area is 155 Å². The summed E-state index contributed by atoms with van der Waals surface area (Å²) in [6.07, 6.45) is 0.336. The van der Waals surface area contributed by atoms with Crippen LogP contribution in [-0.4, -0.2) is 46.7 Å². The quantitative estimate of drug-likeness (QED) is 0.513. The van der Waals surface area contributed by atoms with E-state index in [-0.39, 0.29) is 28.1 Å². The first kappa shape index (κ1) is 21.2. The van der Waals surface area contributed by atoms with Gasteiger partial charge >= 0.3 is 11.9 Å². The molecule has 0 heterocycles. The number of benzene rings is 1. The molecule has 1 aromatic carbocycles. The lowest BCUT2D eigenvalue weighted by Gasteiger charge is -2.20. The van der Waals surface area contributed by atoms with E-state index in [1.54, 1.807) is 0 Å². The van der Waals surface area contributed by atoms with Gasteiger partial charge in [-0.1, -0.05) is 37.0 Å². The van der Waals surface area contributed by atoms with Crippen LogP contribution in [0.2, 0.25) is 10.0 Å². The highest BCUT2D eigenvalue weighted by molar-refractivity contribution is 6.42. The minimum Gasteiger partial charge on any atom is -0.480 e. The zero-order chi connectivity index (χ0) is 19.1. The summed E-state index contributed by atoms with van der Waals surface area (Å²) in [6.45, 7) is 3.49. The van der Waals surface area contributed by atoms with Crippen LogP contribution in [0.5, 0.6) is 0 Å². The van der Waals surface area contributed by atoms with E-state index in [0.717, 1.165) is 0 Å². The molecule has 0 saturated carbocycles. The van der Waals surface area contributed by atoms with Crippen molar-refractivity contribution in [3.63, 3.8) is 0 Å². The Bertz CT molecular complexity index is 651. The van der Waals surface area contributed by atoms with Gasteiger partial charge in [-0.05, 0) is 30.5 Å². The van der Waals surface area contributed by atoms with Gasteiger partial charge in [0.2, 0.25) is 0 Å². The summed E-state index contributed by atoms with van der Waals surface area (Å²) in [6, 6.07) is 1.97. The Morgan fingerprint density at radius 2 is 1.64 bits per heavy atom. The van der Waals surface area contributed by atoms with Gasteiger partial charge in [-0.15, -0.1) is 0 Å². The molecule has 7 nitrogen and oxygen atoms in total. The molecule has 1 aromatic rings. The van der Waals surface area contributed by atoms with Crippen LogP contribution in [0.3, 0.4) is 0 Å². The third-order valence-corrected chi connectivity index (χ3v) is 4.10. The molecule has 1 amide bonds. The Morgan fingerprint density at radius 3 is 2.12 bits per heavy atom. The molecule has 0 aliphatic carbocycles. The SMILES string of the molecule is CC(C)CC(NCC(NC(=O)c1ccc(Cl)c(Cl)c1)C(=O)O)C(=O)O. The second-order valence-electron chi connectivity index (χ2n) is 5.92. The fraction of sp³-hybridized carbons (Fsp3) is 0.438. The van der Waals surface area contributed by atoms with Crippen LogP contribution in [0.4, 0.5) is 0 Å². The highest BCUT2D eigenvalue weighted by Crippen LogP contribution is 2.22. The summed E-state index contributed by atoms with van der Waals surface area (Å²) >= 11 is 11.6. The Morgan fingerprint density at radius 1 is 1.04 bits per heavy atom. The summed E-state index contributed by atoms with van der Waals surface area (Å²) in [5.74, 6) is -2.89. The smallest absolute Gasteiger partial charge is 0.327 e. The molecular formula is C16H20Cl2N2O5. The van der Waals surface area contributed by atoms with E-state index >= 15 is 0 Å². The molecule has 25 heavy (non-hydrogen) atoms. The van der Waals surface area contributed by atoms with E-state index in [1.807, 2.05) is 13.8 Å². The third kappa shape index (κ3) is 6.89. The normalized spacial score (nSPS) is 13.3. The number of carboxylic acid groups (broad SMARTS) is 2. The molecule has 0 fully saturated rings. The van der Waals surface area contributed by atoms with Gasteiger partial charge in [-0.3, -0.25) is 9.59 Å². The van der Waals surface area contributed by atoms with Crippen molar-refractivity contribution in [1.82, 2.24) is 10.6 Å². The maximum atomic E-state index is 12.2. The predicted octanol–water partition coefficient (Wildman–Crippen LogP) is 2.27. The fourth-order valence-corrected chi connectivity index (χ4v) is 2.38. The minimum atomic E-state index is -1.30. The second kappa shape index (κ2) is 9.60. The first-order chi connectivity index (χ1) is 11.6. The molecule has 2 atom stereocenters. The van der Waals surface area contributed by atoms with Crippen LogP contribution in [0.1, 0.15) is 30.6 Å². The second-order valence-corrected chi connectivity index (χ2v) is 6.74. The highest BCUT2D eigenvalue weighted by atomic mass is 35.5. The molecule has 2 unspecified atom stereocenters. The molecule has 0 saturated heterocycles. The average Bonchev–Trinajstić information content (AvgIpc) is 2.51. The van der Waals surface area contributed by atoms with Crippen molar-refractivity contribution < 1.29 is 24.6 Å². The number of hydrogen-bond donors (Lipinski definition) is 4. The van der Waals surface area contributed by atoms with Gasteiger partial charge in [-0.25, -0.2) is 4.79 Å². The van der Waals surface area contributed by atoms with Crippen molar-refractivity contribution in [1.29, 1.82) is 0 Å². The first-order valence-electron chi connectivity index (χ1n) is 7.56. The summed E-state index contributed by atoms with van der Waals surface area (Å²) in [7, 11) is 0. The average molecular weight is 391 g/mol. The lowest BCUT2D eigenvalue weighted by Crippen LogP contribution is -2.51. The van der Waals surface area contributed by atoms with Gasteiger partial charge in [0.15, 0.2) is 0 Å². The third-order valence-electron chi connectivity index (χ3n) is 3.36. The molecule has 0 spiro atoms. The standard InChI is InChI=1S/C16H20Cl2N2O5/c1-8(2)5-12(15(22)23)19-7-13(16(24)25)20-14(21)9-3-4-10(17)11(18)6-9/h3-4,6,8,12-13,19H,5,7H2,1-2H3,(H,20,21)(H,22,23)(H,24,25). The minimum absolute atomic E-state index is 0.114. The van der Waals surface area contributed by atoms with Crippen molar-refractivity contribution >= 4 is 41.0 Å². The molecule has 138 valence electrons. The zero-order valence-electron chi connectivity index (χ0n) is 13.8. The predicted molar refractivity (Wildman–Crippen MR) is 94.2 cm³/mol. The maximum absolute atomic E-state index is 12.2. The van der Waals surface area contributed by atoms with Gasteiger partial charge in [0.1, 0.15) is 12.1 Å². The van der Waals surface area contributed by atoms with Crippen LogP contribution in [0.15, 0.2) is 18.2 Å². The summed E-state index contributed by atoms with van der Waals surface area (Å²) in [5, 5.41) is 23.9. The number of carbonyl (C=O) groups excluding carboxylic acids is 1. The largest absolute Gasteiger partial charge is 0.480 e. The lowest BCUT2D eigenvalue weighted by atomic mass is 10.0. The molecular weight excluding hydrogens is 371 g/mol. The van der Waals surface area contributed by atoms with E-state index < -0.39 is 29.9 Å². The van der Waals surface area contributed by atoms with Crippen LogP contribution in [-0.2, 0) is 9.59 Å². The molecule has 1 rings (SSSR count). The summed E-state index contributed by atoms with van der Waals surface area (Å²) in [5.41, 5.74) is 0.151. The van der Waals surface area contributed by atoms with Gasteiger partial charge in [0.25, 0.3) is 5.91 Å². The maximum Gasteiger partial charge on any atom is 0.327 e. The van der Waals surface area contributed by atoms with Gasteiger partial charge < -0.3 is 20.8 Å². The Hall–Kier alpha value is -1.83. The van der Waals surface area contributed by atoms with Gasteiger partial charge in [-0.2, -0.15) is 0 Å². The van der Waals surface area contributed by atoms with E-state index in [9.17, 15) is 19.5 Å². The fourth-order valence-electron chi connectivity index (χ4n) is 2.08. The number of hydrogen-bond acceptors (Lipinski definition) is 4. The molecule has 0 radical (unpaired) electrons. The van der Waals surface area contributed by atoms with E-state index in [1.165, 1.54) is 18.2 Å². The van der Waals surface area contributed by atoms with Gasteiger partial charge in [0.05, 0.1) is 10.0 Å². The van der Waals surface area contributed by atoms with Crippen LogP contribution >= 0.6 is 23.2 Å². The van der Waals surface area contributed by atoms with Crippen LogP contribution in [0.25, 0.3) is 0 Å². The number of amides is 1. The molecule has 4 N–H and O–H groups in total. The molecule has 9 heteroatoms. The van der Waals surface area contributed by atoms with Crippen molar-refractivity contribution in [3.05, 3.63) is 33.8 Å². The molecule has 0 aromatic heterocycles. The zero-order valence-corrected chi connectivity index (χ0v) is 15.3. The summed E-state index contributed by atoms with van der Waals surface area (Å²) < 4.78 is 0. The van der Waals surface area contributed by atoms with Crippen LogP contribution in [0, 0.1) is 5.92 Å². The van der Waals surface area contributed by atoms with E-state index in [0.29, 0.717) is 6.42 Å². The van der Waals surface area contributed by atoms with E-state index in [4.69, 9.17) is 28.3 Å². The van der Waals surface area contributed by atoms with Crippen LogP contribution < -0.4 is 10.6 Å². The summed E-state index contributed by atoms with van der Waals surface area (Å²) in [4.78, 5) is 34.7.